The molecule has 7 heteroatoms. The fourth-order valence-electron chi connectivity index (χ4n) is 5.63. The molecule has 0 unspecified atom stereocenters. The Hall–Kier alpha value is -4.55. The van der Waals surface area contributed by atoms with Gasteiger partial charge in [0, 0.05) is 55.7 Å². The third-order valence-corrected chi connectivity index (χ3v) is 7.80. The molecule has 0 aliphatic rings. The smallest absolute Gasteiger partial charge is 0.262 e. The number of methoxy groups -OCH3 is 1. The summed E-state index contributed by atoms with van der Waals surface area (Å²) in [4.78, 5) is 27.0. The van der Waals surface area contributed by atoms with Crippen LogP contribution in [0.15, 0.2) is 84.9 Å². The lowest BCUT2D eigenvalue weighted by atomic mass is 10.1. The Morgan fingerprint density at radius 1 is 0.850 bits per heavy atom. The second-order valence-corrected chi connectivity index (χ2v) is 10.2. The van der Waals surface area contributed by atoms with Crippen molar-refractivity contribution < 1.29 is 14.3 Å². The summed E-state index contributed by atoms with van der Waals surface area (Å²) >= 11 is 6.04. The average molecular weight is 550 g/mol. The summed E-state index contributed by atoms with van der Waals surface area (Å²) in [5.41, 5.74) is 5.75. The van der Waals surface area contributed by atoms with Crippen molar-refractivity contribution in [2.75, 3.05) is 12.4 Å². The second kappa shape index (κ2) is 10.2. The van der Waals surface area contributed by atoms with Crippen LogP contribution in [-0.4, -0.2) is 28.1 Å². The molecule has 0 aliphatic carbocycles. The maximum atomic E-state index is 13.6. The highest BCUT2D eigenvalue weighted by molar-refractivity contribution is 6.30. The van der Waals surface area contributed by atoms with Crippen LogP contribution in [0.25, 0.3) is 32.7 Å². The molecule has 0 saturated carbocycles. The summed E-state index contributed by atoms with van der Waals surface area (Å²) in [6.45, 7) is 4.86. The van der Waals surface area contributed by atoms with Crippen molar-refractivity contribution in [3.8, 4) is 5.75 Å². The van der Waals surface area contributed by atoms with Gasteiger partial charge in [0.1, 0.15) is 5.75 Å². The van der Waals surface area contributed by atoms with Crippen LogP contribution < -0.4 is 10.1 Å². The van der Waals surface area contributed by atoms with Crippen molar-refractivity contribution in [3.63, 3.8) is 0 Å². The van der Waals surface area contributed by atoms with Gasteiger partial charge in [-0.3, -0.25) is 14.2 Å². The quantitative estimate of drug-likeness (QED) is 0.232. The molecule has 0 aliphatic heterocycles. The normalized spacial score (nSPS) is 11.4. The Bertz CT molecular complexity index is 1930. The predicted octanol–water partition coefficient (Wildman–Crippen LogP) is 7.61. The van der Waals surface area contributed by atoms with Gasteiger partial charge in [-0.25, -0.2) is 0 Å². The van der Waals surface area contributed by atoms with Crippen LogP contribution in [0, 0.1) is 6.92 Å². The van der Waals surface area contributed by atoms with Crippen LogP contribution in [0.5, 0.6) is 5.75 Å². The lowest BCUT2D eigenvalue weighted by molar-refractivity contribution is -0.115. The third-order valence-electron chi connectivity index (χ3n) is 7.55. The van der Waals surface area contributed by atoms with Crippen molar-refractivity contribution in [1.29, 1.82) is 0 Å². The molecule has 2 aromatic heterocycles. The van der Waals surface area contributed by atoms with Crippen molar-refractivity contribution >= 4 is 61.8 Å². The Kier molecular flexibility index (Phi) is 6.56. The molecule has 0 atom stereocenters. The highest BCUT2D eigenvalue weighted by Crippen LogP contribution is 2.33. The molecule has 1 N–H and O–H groups in total. The number of halogens is 1. The van der Waals surface area contributed by atoms with Gasteiger partial charge in [0.2, 0.25) is 5.91 Å². The zero-order chi connectivity index (χ0) is 28.0. The first-order valence-corrected chi connectivity index (χ1v) is 13.6. The Balaban J connectivity index is 1.36. The number of amides is 1. The summed E-state index contributed by atoms with van der Waals surface area (Å²) in [7, 11) is 1.60. The summed E-state index contributed by atoms with van der Waals surface area (Å²) in [5, 5.41) is 6.70. The monoisotopic (exact) mass is 549 g/mol. The maximum Gasteiger partial charge on any atom is 0.262 e. The molecule has 200 valence electrons. The Morgan fingerprint density at radius 2 is 1.57 bits per heavy atom. The number of carbonyl (C=O) groups is 2. The van der Waals surface area contributed by atoms with Crippen molar-refractivity contribution in [1.82, 2.24) is 9.13 Å². The van der Waals surface area contributed by atoms with Gasteiger partial charge in [0.25, 0.3) is 5.91 Å². The predicted molar refractivity (Wildman–Crippen MR) is 162 cm³/mol. The number of carbonyl (C=O) groups excluding carboxylic acids is 2. The fraction of sp³-hybridized carbons (Fsp3) is 0.152. The van der Waals surface area contributed by atoms with Crippen LogP contribution in [0.1, 0.15) is 28.5 Å². The first-order valence-electron chi connectivity index (χ1n) is 13.2. The molecule has 0 bridgehead atoms. The molecule has 0 radical (unpaired) electrons. The van der Waals surface area contributed by atoms with Gasteiger partial charge >= 0.3 is 0 Å². The van der Waals surface area contributed by atoms with E-state index in [4.69, 9.17) is 16.3 Å². The summed E-state index contributed by atoms with van der Waals surface area (Å²) < 4.78 is 9.40. The van der Waals surface area contributed by atoms with E-state index in [1.807, 2.05) is 49.4 Å². The van der Waals surface area contributed by atoms with E-state index < -0.39 is 0 Å². The molecule has 1 amide bonds. The van der Waals surface area contributed by atoms with Crippen molar-refractivity contribution in [2.45, 2.75) is 26.8 Å². The molecular formula is C33H28ClN3O3. The molecule has 0 spiro atoms. The molecule has 0 saturated heterocycles. The van der Waals surface area contributed by atoms with E-state index in [1.165, 1.54) is 5.52 Å². The number of nitrogens with zero attached hydrogens (tertiary/aromatic N) is 2. The SMILES string of the molecule is CCn1c2ccccc2c2cc(NC(=O)Cc3c(C)n(C(=O)c4ccc(Cl)cc4)c4ccc(OC)cc34)ccc21. The Labute approximate surface area is 236 Å². The molecule has 4 aromatic carbocycles. The van der Waals surface area contributed by atoms with Gasteiger partial charge in [-0.2, -0.15) is 0 Å². The van der Waals surface area contributed by atoms with E-state index in [2.05, 4.69) is 35.0 Å². The van der Waals surface area contributed by atoms with E-state index >= 15 is 0 Å². The van der Waals surface area contributed by atoms with E-state index in [-0.39, 0.29) is 18.2 Å². The fourth-order valence-corrected chi connectivity index (χ4v) is 5.76. The van der Waals surface area contributed by atoms with Gasteiger partial charge in [0.15, 0.2) is 0 Å². The number of nitrogens with one attached hydrogen (secondary N) is 1. The minimum Gasteiger partial charge on any atom is -0.497 e. The van der Waals surface area contributed by atoms with Crippen LogP contribution in [0.3, 0.4) is 0 Å². The second-order valence-electron chi connectivity index (χ2n) is 9.81. The molecule has 6 rings (SSSR count). The number of anilines is 1. The van der Waals surface area contributed by atoms with Crippen LogP contribution in [0.4, 0.5) is 5.69 Å². The number of benzene rings is 4. The van der Waals surface area contributed by atoms with Crippen molar-refractivity contribution in [2.24, 2.45) is 0 Å². The third kappa shape index (κ3) is 4.31. The molecule has 40 heavy (non-hydrogen) atoms. The van der Waals surface area contributed by atoms with Gasteiger partial charge in [-0.1, -0.05) is 29.8 Å². The standard InChI is InChI=1S/C33H28ClN3O3/c1-4-36-29-8-6-5-7-25(29)27-17-23(13-15-30(27)36)35-32(38)19-26-20(2)37(31-16-14-24(40-3)18-28(26)31)33(39)21-9-11-22(34)12-10-21/h5-18H,4,19H2,1-3H3,(H,35,38). The number of aryl methyl sites for hydroxylation is 1. The number of para-hydroxylation sites is 1. The zero-order valence-electron chi connectivity index (χ0n) is 22.5. The molecule has 6 aromatic rings. The lowest BCUT2D eigenvalue weighted by Crippen LogP contribution is -2.16. The minimum atomic E-state index is -0.186. The van der Waals surface area contributed by atoms with Crippen molar-refractivity contribution in [3.05, 3.63) is 107 Å². The summed E-state index contributed by atoms with van der Waals surface area (Å²) in [5.74, 6) is 0.305. The maximum absolute atomic E-state index is 13.6. The number of rotatable bonds is 6. The topological polar surface area (TPSA) is 65.3 Å². The first kappa shape index (κ1) is 25.7. The first-order chi connectivity index (χ1) is 19.4. The van der Waals surface area contributed by atoms with Gasteiger partial charge < -0.3 is 14.6 Å². The average Bonchev–Trinajstić information content (AvgIpc) is 3.43. The molecule has 0 fully saturated rings. The summed E-state index contributed by atoms with van der Waals surface area (Å²) in [6.07, 6.45) is 0.102. The Morgan fingerprint density at radius 3 is 2.33 bits per heavy atom. The lowest BCUT2D eigenvalue weighted by Gasteiger charge is -2.09. The van der Waals surface area contributed by atoms with E-state index in [9.17, 15) is 9.59 Å². The van der Waals surface area contributed by atoms with Crippen LogP contribution in [0.2, 0.25) is 5.02 Å². The van der Waals surface area contributed by atoms with Crippen LogP contribution in [-0.2, 0) is 17.8 Å². The number of hydrogen-bond acceptors (Lipinski definition) is 3. The van der Waals surface area contributed by atoms with Gasteiger partial charge in [-0.15, -0.1) is 0 Å². The van der Waals surface area contributed by atoms with E-state index in [1.54, 1.807) is 35.9 Å². The molecule has 6 nitrogen and oxygen atoms in total. The highest BCUT2D eigenvalue weighted by Gasteiger charge is 2.22. The summed E-state index contributed by atoms with van der Waals surface area (Å²) in [6, 6.07) is 26.7. The zero-order valence-corrected chi connectivity index (χ0v) is 23.3. The van der Waals surface area contributed by atoms with Gasteiger partial charge in [-0.05, 0) is 86.1 Å². The van der Waals surface area contributed by atoms with Crippen LogP contribution >= 0.6 is 11.6 Å². The number of ether oxygens (including phenoxy) is 1. The van der Waals surface area contributed by atoms with E-state index in [0.717, 1.165) is 45.0 Å². The van der Waals surface area contributed by atoms with Gasteiger partial charge in [0.05, 0.1) is 19.0 Å². The number of hydrogen-bond donors (Lipinski definition) is 1. The number of fused-ring (bicyclic) bond motifs is 4. The minimum absolute atomic E-state index is 0.102. The molecular weight excluding hydrogens is 522 g/mol. The molecule has 2 heterocycles. The highest BCUT2D eigenvalue weighted by atomic mass is 35.5. The number of aromatic nitrogens is 2. The largest absolute Gasteiger partial charge is 0.497 e. The van der Waals surface area contributed by atoms with E-state index in [0.29, 0.717) is 22.0 Å².